The molecule has 3 aromatic rings. The number of nitrogens with zero attached hydrogens (tertiary/aromatic N) is 1. The Labute approximate surface area is 232 Å². The molecule has 0 aliphatic carbocycles. The van der Waals surface area contributed by atoms with Crippen molar-refractivity contribution in [1.82, 2.24) is 0 Å². The summed E-state index contributed by atoms with van der Waals surface area (Å²) in [5.41, 5.74) is 2.71. The second-order valence-electron chi connectivity index (χ2n) is 8.68. The average Bonchev–Trinajstić information content (AvgIpc) is 3.21. The lowest BCUT2D eigenvalue weighted by atomic mass is 10.0. The fraction of sp³-hybridized carbons (Fsp3) is 0.194. The number of carbonyl (C=O) groups is 3. The first-order chi connectivity index (χ1) is 19.4. The molecular formula is C31H30N2O7. The molecule has 1 aliphatic heterocycles. The lowest BCUT2D eigenvalue weighted by molar-refractivity contribution is -0.138. The highest BCUT2D eigenvalue weighted by molar-refractivity contribution is 6.23. The van der Waals surface area contributed by atoms with Gasteiger partial charge in [-0.05, 0) is 74.0 Å². The summed E-state index contributed by atoms with van der Waals surface area (Å²) in [5.74, 6) is 0.401. The van der Waals surface area contributed by atoms with Crippen LogP contribution in [0.4, 0.5) is 11.4 Å². The maximum absolute atomic E-state index is 13.5. The molecular weight excluding hydrogens is 512 g/mol. The number of nitrogens with one attached hydrogen (secondary N) is 1. The molecule has 40 heavy (non-hydrogen) atoms. The Morgan fingerprint density at radius 1 is 0.900 bits per heavy atom. The quantitative estimate of drug-likeness (QED) is 0.284. The fourth-order valence-electron chi connectivity index (χ4n) is 4.23. The normalized spacial score (nSPS) is 13.8. The van der Waals surface area contributed by atoms with Crippen molar-refractivity contribution in [3.8, 4) is 17.2 Å². The van der Waals surface area contributed by atoms with Gasteiger partial charge in [0.2, 0.25) is 0 Å². The third kappa shape index (κ3) is 6.15. The average molecular weight is 543 g/mol. The van der Waals surface area contributed by atoms with Crippen LogP contribution in [0.15, 0.2) is 89.6 Å². The molecule has 9 heteroatoms. The summed E-state index contributed by atoms with van der Waals surface area (Å²) in [6, 6.07) is 20.9. The summed E-state index contributed by atoms with van der Waals surface area (Å²) in [6.45, 7) is 3.39. The van der Waals surface area contributed by atoms with Crippen molar-refractivity contribution in [2.24, 2.45) is 0 Å². The maximum Gasteiger partial charge on any atom is 0.340 e. The van der Waals surface area contributed by atoms with Crippen LogP contribution in [-0.2, 0) is 19.1 Å². The highest BCUT2D eigenvalue weighted by atomic mass is 16.5. The van der Waals surface area contributed by atoms with Crippen LogP contribution in [-0.4, -0.2) is 45.2 Å². The van der Waals surface area contributed by atoms with Gasteiger partial charge in [0, 0.05) is 11.4 Å². The SMILES string of the molecule is CCOC(=O)C1=C(C)N(c2ccc(OC)cc2)C(=O)/C1=C\c1ccc(OCC(=O)Nc2ccccc2OC)cc1. The maximum atomic E-state index is 13.5. The minimum atomic E-state index is -0.573. The molecule has 0 bridgehead atoms. The lowest BCUT2D eigenvalue weighted by Crippen LogP contribution is -2.24. The number of ether oxygens (including phenoxy) is 4. The third-order valence-corrected chi connectivity index (χ3v) is 6.15. The first kappa shape index (κ1) is 28.0. The number of hydrogen-bond donors (Lipinski definition) is 1. The Morgan fingerprint density at radius 3 is 2.23 bits per heavy atom. The Bertz CT molecular complexity index is 1460. The van der Waals surface area contributed by atoms with E-state index in [9.17, 15) is 14.4 Å². The molecule has 9 nitrogen and oxygen atoms in total. The van der Waals surface area contributed by atoms with Crippen molar-refractivity contribution in [1.29, 1.82) is 0 Å². The molecule has 0 saturated heterocycles. The van der Waals surface area contributed by atoms with Gasteiger partial charge in [-0.3, -0.25) is 14.5 Å². The van der Waals surface area contributed by atoms with Gasteiger partial charge in [0.25, 0.3) is 11.8 Å². The van der Waals surface area contributed by atoms with E-state index in [2.05, 4.69) is 5.32 Å². The fourth-order valence-corrected chi connectivity index (χ4v) is 4.23. The van der Waals surface area contributed by atoms with E-state index >= 15 is 0 Å². The molecule has 0 spiro atoms. The van der Waals surface area contributed by atoms with Crippen molar-refractivity contribution in [2.45, 2.75) is 13.8 Å². The molecule has 0 aromatic heterocycles. The van der Waals surface area contributed by atoms with Gasteiger partial charge in [0.05, 0.1) is 37.7 Å². The van der Waals surface area contributed by atoms with Gasteiger partial charge in [0.1, 0.15) is 17.2 Å². The van der Waals surface area contributed by atoms with Crippen LogP contribution < -0.4 is 24.4 Å². The smallest absolute Gasteiger partial charge is 0.340 e. The van der Waals surface area contributed by atoms with Crippen LogP contribution in [0, 0.1) is 0 Å². The summed E-state index contributed by atoms with van der Waals surface area (Å²) in [4.78, 5) is 40.2. The Morgan fingerprint density at radius 2 is 1.57 bits per heavy atom. The van der Waals surface area contributed by atoms with Crippen LogP contribution in [0.25, 0.3) is 6.08 Å². The molecule has 4 rings (SSSR count). The van der Waals surface area contributed by atoms with Crippen LogP contribution in [0.1, 0.15) is 19.4 Å². The van der Waals surface area contributed by atoms with Gasteiger partial charge in [-0.1, -0.05) is 24.3 Å². The minimum absolute atomic E-state index is 0.177. The summed E-state index contributed by atoms with van der Waals surface area (Å²) < 4.78 is 21.3. The molecule has 3 aromatic carbocycles. The van der Waals surface area contributed by atoms with E-state index in [0.29, 0.717) is 39.9 Å². The summed E-state index contributed by atoms with van der Waals surface area (Å²) >= 11 is 0. The third-order valence-electron chi connectivity index (χ3n) is 6.15. The predicted octanol–water partition coefficient (Wildman–Crippen LogP) is 4.99. The van der Waals surface area contributed by atoms with Crippen LogP contribution in [0.5, 0.6) is 17.2 Å². The predicted molar refractivity (Wildman–Crippen MR) is 151 cm³/mol. The number of benzene rings is 3. The second kappa shape index (κ2) is 12.7. The second-order valence-corrected chi connectivity index (χ2v) is 8.68. The topological polar surface area (TPSA) is 103 Å². The first-order valence-corrected chi connectivity index (χ1v) is 12.6. The van der Waals surface area contributed by atoms with Crippen LogP contribution in [0.3, 0.4) is 0 Å². The van der Waals surface area contributed by atoms with Gasteiger partial charge < -0.3 is 24.3 Å². The summed E-state index contributed by atoms with van der Waals surface area (Å²) in [5, 5.41) is 2.75. The van der Waals surface area contributed by atoms with Crippen molar-refractivity contribution in [2.75, 3.05) is 37.7 Å². The largest absolute Gasteiger partial charge is 0.497 e. The van der Waals surface area contributed by atoms with Crippen molar-refractivity contribution < 1.29 is 33.3 Å². The van der Waals surface area contributed by atoms with E-state index in [1.165, 1.54) is 12.0 Å². The van der Waals surface area contributed by atoms with Gasteiger partial charge in [-0.2, -0.15) is 0 Å². The zero-order valence-electron chi connectivity index (χ0n) is 22.7. The number of amides is 2. The van der Waals surface area contributed by atoms with Crippen LogP contribution in [0.2, 0.25) is 0 Å². The Balaban J connectivity index is 1.51. The Hall–Kier alpha value is -5.05. The lowest BCUT2D eigenvalue weighted by Gasteiger charge is -2.18. The monoisotopic (exact) mass is 542 g/mol. The molecule has 1 N–H and O–H groups in total. The number of hydrogen-bond acceptors (Lipinski definition) is 7. The van der Waals surface area contributed by atoms with E-state index in [4.69, 9.17) is 18.9 Å². The zero-order chi connectivity index (χ0) is 28.6. The van der Waals surface area contributed by atoms with Gasteiger partial charge in [-0.15, -0.1) is 0 Å². The standard InChI is InChI=1S/C31H30N2O7/c1-5-39-31(36)29-20(2)33(22-12-16-23(37-3)17-13-22)30(35)25(29)18-21-10-14-24(15-11-21)40-19-28(34)32-26-8-6-7-9-27(26)38-4/h6-18H,5,19H2,1-4H3,(H,32,34)/b25-18-. The molecule has 0 unspecified atom stereocenters. The van der Waals surface area contributed by atoms with E-state index in [-0.39, 0.29) is 36.2 Å². The number of methoxy groups -OCH3 is 2. The minimum Gasteiger partial charge on any atom is -0.497 e. The number of rotatable bonds is 10. The zero-order valence-corrected chi connectivity index (χ0v) is 22.7. The molecule has 2 amide bonds. The molecule has 1 heterocycles. The van der Waals surface area contributed by atoms with Crippen molar-refractivity contribution in [3.63, 3.8) is 0 Å². The molecule has 1 aliphatic rings. The number of anilines is 2. The van der Waals surface area contributed by atoms with E-state index in [1.54, 1.807) is 93.8 Å². The number of carbonyl (C=O) groups excluding carboxylic acids is 3. The molecule has 0 saturated carbocycles. The van der Waals surface area contributed by atoms with Gasteiger partial charge in [0.15, 0.2) is 6.61 Å². The molecule has 0 atom stereocenters. The van der Waals surface area contributed by atoms with Crippen LogP contribution >= 0.6 is 0 Å². The number of esters is 1. The van der Waals surface area contributed by atoms with Crippen molar-refractivity contribution >= 4 is 35.2 Å². The van der Waals surface area contributed by atoms with Gasteiger partial charge in [-0.25, -0.2) is 4.79 Å². The summed E-state index contributed by atoms with van der Waals surface area (Å²) in [6.07, 6.45) is 1.64. The highest BCUT2D eigenvalue weighted by Gasteiger charge is 2.38. The molecule has 0 radical (unpaired) electrons. The highest BCUT2D eigenvalue weighted by Crippen LogP contribution is 2.36. The van der Waals surface area contributed by atoms with E-state index in [1.807, 2.05) is 6.07 Å². The molecule has 206 valence electrons. The number of allylic oxidation sites excluding steroid dienone is 1. The first-order valence-electron chi connectivity index (χ1n) is 12.6. The van der Waals surface area contributed by atoms with Gasteiger partial charge >= 0.3 is 5.97 Å². The molecule has 0 fully saturated rings. The summed E-state index contributed by atoms with van der Waals surface area (Å²) in [7, 11) is 3.09. The number of para-hydroxylation sites is 2. The Kier molecular flexibility index (Phi) is 8.86. The van der Waals surface area contributed by atoms with E-state index < -0.39 is 5.97 Å². The van der Waals surface area contributed by atoms with E-state index in [0.717, 1.165) is 0 Å². The van der Waals surface area contributed by atoms with Crippen molar-refractivity contribution in [3.05, 3.63) is 95.2 Å².